The lowest BCUT2D eigenvalue weighted by atomic mass is 9.72. The summed E-state index contributed by atoms with van der Waals surface area (Å²) in [7, 11) is -3.53. The number of carbonyl (C=O) groups excluding carboxylic acids is 2. The van der Waals surface area contributed by atoms with Gasteiger partial charge in [0.25, 0.3) is 10.0 Å². The van der Waals surface area contributed by atoms with Gasteiger partial charge in [0.15, 0.2) is 8.32 Å². The van der Waals surface area contributed by atoms with Crippen LogP contribution in [0.15, 0.2) is 120 Å². The summed E-state index contributed by atoms with van der Waals surface area (Å²) in [5.41, 5.74) is 2.64. The molecule has 4 atom stereocenters. The summed E-state index contributed by atoms with van der Waals surface area (Å²) >= 11 is 0. The molecule has 288 valence electrons. The fraction of sp³-hybridized carbons (Fsp3) is 0.349. The Balaban J connectivity index is 1.47. The van der Waals surface area contributed by atoms with Crippen LogP contribution in [0.3, 0.4) is 0 Å². The predicted molar refractivity (Wildman–Crippen MR) is 218 cm³/mol. The van der Waals surface area contributed by atoms with Gasteiger partial charge < -0.3 is 19.0 Å². The highest BCUT2D eigenvalue weighted by molar-refractivity contribution is 7.93. The fourth-order valence-corrected chi connectivity index (χ4v) is 10.8. The van der Waals surface area contributed by atoms with Crippen molar-refractivity contribution in [1.29, 1.82) is 0 Å². The number of nitrogens with one attached hydrogen (secondary N) is 1. The van der Waals surface area contributed by atoms with Crippen LogP contribution in [0, 0.1) is 0 Å². The maximum absolute atomic E-state index is 15.8. The molecule has 1 amide bonds. The first-order valence-electron chi connectivity index (χ1n) is 18.7. The predicted octanol–water partition coefficient (Wildman–Crippen LogP) is 7.29. The molecule has 55 heavy (non-hydrogen) atoms. The summed E-state index contributed by atoms with van der Waals surface area (Å²) in [4.78, 5) is 36.9. The molecule has 7 rings (SSSR count). The van der Waals surface area contributed by atoms with Gasteiger partial charge in [-0.15, -0.1) is 0 Å². The highest BCUT2D eigenvalue weighted by Gasteiger charge is 2.67. The summed E-state index contributed by atoms with van der Waals surface area (Å²) < 4.78 is 44.0. The second-order valence-corrected chi connectivity index (χ2v) is 22.8. The first kappa shape index (κ1) is 38.5. The van der Waals surface area contributed by atoms with Gasteiger partial charge in [-0.05, 0) is 72.6 Å². The summed E-state index contributed by atoms with van der Waals surface area (Å²) in [5, 5.41) is 0.733. The number of hydrogen-bond donors (Lipinski definition) is 1. The van der Waals surface area contributed by atoms with E-state index in [1.807, 2.05) is 90.9 Å². The van der Waals surface area contributed by atoms with Crippen LogP contribution in [0.1, 0.15) is 43.9 Å². The number of hydrogen-bond acceptors (Lipinski definition) is 7. The Morgan fingerprint density at radius 1 is 0.909 bits per heavy atom. The van der Waals surface area contributed by atoms with Crippen molar-refractivity contribution in [1.82, 2.24) is 14.8 Å². The van der Waals surface area contributed by atoms with Crippen molar-refractivity contribution in [2.24, 2.45) is 0 Å². The second kappa shape index (κ2) is 14.4. The number of anilines is 1. The number of esters is 1. The van der Waals surface area contributed by atoms with E-state index in [4.69, 9.17) is 9.16 Å². The molecule has 2 aliphatic rings. The van der Waals surface area contributed by atoms with Gasteiger partial charge in [-0.25, -0.2) is 17.5 Å². The molecule has 0 spiro atoms. The van der Waals surface area contributed by atoms with E-state index in [0.717, 1.165) is 22.0 Å². The number of ether oxygens (including phenoxy) is 1. The summed E-state index contributed by atoms with van der Waals surface area (Å²) in [6, 6.07) is 31.3. The molecule has 2 aliphatic heterocycles. The van der Waals surface area contributed by atoms with Gasteiger partial charge in [0, 0.05) is 23.6 Å². The number of likely N-dealkylation sites (N-methyl/N-ethyl adjacent to an activating group) is 1. The van der Waals surface area contributed by atoms with Crippen molar-refractivity contribution >= 4 is 46.8 Å². The van der Waals surface area contributed by atoms with Crippen LogP contribution in [0.2, 0.25) is 18.1 Å². The lowest BCUT2D eigenvalue weighted by Crippen LogP contribution is -2.61. The molecule has 3 heterocycles. The number of para-hydroxylation sites is 2. The molecule has 0 saturated carbocycles. The molecule has 0 aliphatic carbocycles. The summed E-state index contributed by atoms with van der Waals surface area (Å²) in [6.45, 7) is 11.2. The minimum Gasteiger partial charge on any atom is -0.467 e. The van der Waals surface area contributed by atoms with Crippen LogP contribution < -0.4 is 4.31 Å². The first-order valence-corrected chi connectivity index (χ1v) is 23.0. The maximum Gasteiger partial charge on any atom is 0.328 e. The number of H-pyrrole nitrogens is 1. The van der Waals surface area contributed by atoms with E-state index in [2.05, 4.69) is 38.8 Å². The molecule has 1 N–H and O–H groups in total. The molecule has 1 fully saturated rings. The van der Waals surface area contributed by atoms with Crippen molar-refractivity contribution < 1.29 is 27.2 Å². The minimum atomic E-state index is -4.32. The summed E-state index contributed by atoms with van der Waals surface area (Å²) in [5.74, 6) is -1.04. The first-order chi connectivity index (χ1) is 26.1. The zero-order valence-corrected chi connectivity index (χ0v) is 34.3. The van der Waals surface area contributed by atoms with Gasteiger partial charge in [-0.1, -0.05) is 106 Å². The molecule has 1 saturated heterocycles. The van der Waals surface area contributed by atoms with E-state index >= 15 is 13.2 Å². The highest BCUT2D eigenvalue weighted by atomic mass is 32.2. The number of amides is 1. The Hall–Kier alpha value is -4.75. The maximum atomic E-state index is 15.8. The number of aromatic amines is 1. The average molecular weight is 779 g/mol. The number of aromatic nitrogens is 1. The number of sulfonamides is 1. The molecule has 0 radical (unpaired) electrons. The number of fused-ring (bicyclic) bond motifs is 4. The quantitative estimate of drug-likeness (QED) is 0.111. The third-order valence-electron chi connectivity index (χ3n) is 12.0. The fourth-order valence-electron chi connectivity index (χ4n) is 8.11. The van der Waals surface area contributed by atoms with Crippen LogP contribution in [-0.2, 0) is 40.7 Å². The zero-order chi connectivity index (χ0) is 39.3. The molecule has 5 aromatic rings. The normalized spacial score (nSPS) is 20.4. The van der Waals surface area contributed by atoms with Gasteiger partial charge in [-0.2, -0.15) is 0 Å². The van der Waals surface area contributed by atoms with Crippen LogP contribution >= 0.6 is 0 Å². The minimum absolute atomic E-state index is 0.0498. The Morgan fingerprint density at radius 3 is 2.20 bits per heavy atom. The van der Waals surface area contributed by atoms with Gasteiger partial charge in [0.2, 0.25) is 5.91 Å². The Morgan fingerprint density at radius 2 is 1.53 bits per heavy atom. The van der Waals surface area contributed by atoms with Crippen LogP contribution in [0.25, 0.3) is 10.9 Å². The monoisotopic (exact) mass is 778 g/mol. The lowest BCUT2D eigenvalue weighted by Gasteiger charge is -2.42. The van der Waals surface area contributed by atoms with Gasteiger partial charge in [-0.3, -0.25) is 9.69 Å². The third-order valence-corrected chi connectivity index (χ3v) is 18.3. The number of benzene rings is 4. The van der Waals surface area contributed by atoms with Crippen molar-refractivity contribution in [3.05, 3.63) is 132 Å². The molecular formula is C43H50N4O6SSi. The second-order valence-electron chi connectivity index (χ2n) is 16.2. The van der Waals surface area contributed by atoms with Crippen molar-refractivity contribution in [2.45, 2.75) is 80.4 Å². The van der Waals surface area contributed by atoms with E-state index in [9.17, 15) is 4.79 Å². The lowest BCUT2D eigenvalue weighted by molar-refractivity contribution is -0.154. The molecule has 0 unspecified atom stereocenters. The summed E-state index contributed by atoms with van der Waals surface area (Å²) in [6.07, 6.45) is 0.814. The van der Waals surface area contributed by atoms with Crippen LogP contribution in [0.4, 0.5) is 5.69 Å². The van der Waals surface area contributed by atoms with Gasteiger partial charge in [0.1, 0.15) is 18.2 Å². The Kier molecular flexibility index (Phi) is 10.1. The molecule has 10 nitrogen and oxygen atoms in total. The number of likely N-dealkylation sites (tertiary alicyclic amines) is 1. The van der Waals surface area contributed by atoms with Crippen molar-refractivity contribution in [2.75, 3.05) is 25.1 Å². The number of methoxy groups -OCH3 is 1. The average Bonchev–Trinajstić information content (AvgIpc) is 3.83. The molecule has 1 aromatic heterocycles. The van der Waals surface area contributed by atoms with Crippen molar-refractivity contribution in [3.63, 3.8) is 0 Å². The van der Waals surface area contributed by atoms with Crippen LogP contribution in [-0.4, -0.2) is 82.4 Å². The number of rotatable bonds is 11. The van der Waals surface area contributed by atoms with Gasteiger partial charge >= 0.3 is 5.97 Å². The van der Waals surface area contributed by atoms with E-state index in [1.165, 1.54) is 16.3 Å². The Bertz CT molecular complexity index is 2310. The largest absolute Gasteiger partial charge is 0.467 e. The van der Waals surface area contributed by atoms with Gasteiger partial charge in [0.05, 0.1) is 29.7 Å². The zero-order valence-electron chi connectivity index (χ0n) is 32.5. The molecular weight excluding hydrogens is 729 g/mol. The molecule has 4 aromatic carbocycles. The van der Waals surface area contributed by atoms with E-state index < -0.39 is 53.9 Å². The van der Waals surface area contributed by atoms with E-state index in [1.54, 1.807) is 36.4 Å². The van der Waals surface area contributed by atoms with Crippen LogP contribution in [0.5, 0.6) is 0 Å². The Labute approximate surface area is 325 Å². The SMILES string of the molecule is COC(=O)[C@@H]1C[C@]2(c3c[nH]c4ccccc34)c3ccccc3N(S(=O)(=O)c3ccccc3)[C@@H]2N1C(=O)[C@H](CO[Si](C)(C)C(C)(C)C)N(C)Cc1ccccc1. The van der Waals surface area contributed by atoms with E-state index in [0.29, 0.717) is 17.8 Å². The molecule has 12 heteroatoms. The standard InChI is InChI=1S/C43H50N4O6SSi/c1-42(2,3)55(6,7)53-29-38(45(4)28-30-18-10-8-11-19-30)39(48)46-37(40(49)52-5)26-43(34-27-44-35-24-16-14-22-32(34)35)33-23-15-17-25-36(33)47(41(43)46)54(50,51)31-20-12-9-13-21-31/h8-25,27,37-38,41,44H,26,28-29H2,1-7H3/t37-,38-,41-,43+/m0/s1. The number of carbonyl (C=O) groups is 2. The topological polar surface area (TPSA) is 112 Å². The smallest absolute Gasteiger partial charge is 0.328 e. The highest BCUT2D eigenvalue weighted by Crippen LogP contribution is 2.60. The molecule has 0 bridgehead atoms. The number of nitrogens with zero attached hydrogens (tertiary/aromatic N) is 3. The third kappa shape index (κ3) is 6.48. The van der Waals surface area contributed by atoms with E-state index in [-0.39, 0.29) is 23.0 Å². The van der Waals surface area contributed by atoms with Crippen molar-refractivity contribution in [3.8, 4) is 0 Å².